The van der Waals surface area contributed by atoms with Crippen molar-refractivity contribution in [2.75, 3.05) is 6.54 Å². The molecule has 2 aromatic heterocycles. The van der Waals surface area contributed by atoms with Gasteiger partial charge in [0.2, 0.25) is 5.91 Å². The highest BCUT2D eigenvalue weighted by molar-refractivity contribution is 7.10. The Balaban J connectivity index is 1.49. The third kappa shape index (κ3) is 3.55. The summed E-state index contributed by atoms with van der Waals surface area (Å²) in [6, 6.07) is 13.3. The van der Waals surface area contributed by atoms with E-state index in [1.165, 1.54) is 0 Å². The van der Waals surface area contributed by atoms with Gasteiger partial charge < -0.3 is 14.8 Å². The van der Waals surface area contributed by atoms with Gasteiger partial charge in [-0.1, -0.05) is 24.3 Å². The van der Waals surface area contributed by atoms with Gasteiger partial charge in [-0.15, -0.1) is 11.3 Å². The number of aliphatic hydroxyl groups excluding tert-OH is 1. The Morgan fingerprint density at radius 3 is 2.91 bits per heavy atom. The maximum atomic E-state index is 11.8. The molecule has 0 aliphatic rings. The lowest BCUT2D eigenvalue weighted by Crippen LogP contribution is -2.26. The molecule has 0 aliphatic heterocycles. The minimum absolute atomic E-state index is 0.0285. The molecular formula is C17H17NO3S. The van der Waals surface area contributed by atoms with Gasteiger partial charge in [-0.2, -0.15) is 0 Å². The van der Waals surface area contributed by atoms with Gasteiger partial charge in [0, 0.05) is 16.8 Å². The van der Waals surface area contributed by atoms with Crippen molar-refractivity contribution >= 4 is 28.2 Å². The van der Waals surface area contributed by atoms with E-state index in [0.717, 1.165) is 15.8 Å². The van der Waals surface area contributed by atoms with Crippen LogP contribution in [-0.2, 0) is 11.2 Å². The Kier molecular flexibility index (Phi) is 4.56. The number of nitrogens with one attached hydrogen (secondary N) is 1. The molecule has 114 valence electrons. The predicted octanol–water partition coefficient (Wildman–Crippen LogP) is 3.28. The van der Waals surface area contributed by atoms with Crippen molar-refractivity contribution in [3.05, 3.63) is 58.5 Å². The molecule has 0 fully saturated rings. The Morgan fingerprint density at radius 2 is 2.14 bits per heavy atom. The van der Waals surface area contributed by atoms with Crippen LogP contribution >= 0.6 is 11.3 Å². The number of hydrogen-bond donors (Lipinski definition) is 2. The molecule has 3 aromatic rings. The molecule has 1 aromatic carbocycles. The smallest absolute Gasteiger partial charge is 0.225 e. The van der Waals surface area contributed by atoms with Crippen LogP contribution in [0, 0.1) is 0 Å². The summed E-state index contributed by atoms with van der Waals surface area (Å²) in [7, 11) is 0. The van der Waals surface area contributed by atoms with Crippen molar-refractivity contribution < 1.29 is 14.3 Å². The molecule has 22 heavy (non-hydrogen) atoms. The highest BCUT2D eigenvalue weighted by atomic mass is 32.1. The van der Waals surface area contributed by atoms with Crippen molar-refractivity contribution in [3.8, 4) is 0 Å². The number of rotatable bonds is 6. The summed E-state index contributed by atoms with van der Waals surface area (Å²) in [4.78, 5) is 12.8. The van der Waals surface area contributed by atoms with Crippen LogP contribution in [0.15, 0.2) is 52.3 Å². The number of benzene rings is 1. The first-order valence-electron chi connectivity index (χ1n) is 7.18. The number of aliphatic hydroxyl groups is 1. The van der Waals surface area contributed by atoms with Crippen LogP contribution in [0.25, 0.3) is 11.0 Å². The van der Waals surface area contributed by atoms with Crippen LogP contribution in [0.5, 0.6) is 0 Å². The quantitative estimate of drug-likeness (QED) is 0.734. The van der Waals surface area contributed by atoms with Crippen LogP contribution in [0.4, 0.5) is 0 Å². The van der Waals surface area contributed by atoms with E-state index in [1.54, 1.807) is 11.3 Å². The summed E-state index contributed by atoms with van der Waals surface area (Å²) in [5.74, 6) is 0.507. The van der Waals surface area contributed by atoms with E-state index in [9.17, 15) is 9.90 Å². The SMILES string of the molecule is O=C(Cc1cccs1)NCC[C@@H](O)c1cc2ccccc2o1. The second-order valence-electron chi connectivity index (χ2n) is 5.10. The minimum Gasteiger partial charge on any atom is -0.458 e. The van der Waals surface area contributed by atoms with Crippen molar-refractivity contribution in [2.45, 2.75) is 18.9 Å². The molecule has 1 amide bonds. The van der Waals surface area contributed by atoms with Crippen LogP contribution in [0.3, 0.4) is 0 Å². The van der Waals surface area contributed by atoms with E-state index in [0.29, 0.717) is 25.1 Å². The summed E-state index contributed by atoms with van der Waals surface area (Å²) in [5.41, 5.74) is 0.762. The Bertz CT molecular complexity index is 715. The maximum absolute atomic E-state index is 11.8. The molecule has 0 spiro atoms. The van der Waals surface area contributed by atoms with E-state index in [1.807, 2.05) is 47.8 Å². The van der Waals surface area contributed by atoms with Crippen molar-refractivity contribution in [3.63, 3.8) is 0 Å². The lowest BCUT2D eigenvalue weighted by molar-refractivity contribution is -0.120. The van der Waals surface area contributed by atoms with Gasteiger partial charge in [-0.05, 0) is 30.0 Å². The average Bonchev–Trinajstić information content (AvgIpc) is 3.15. The summed E-state index contributed by atoms with van der Waals surface area (Å²) in [5, 5.41) is 15.9. The van der Waals surface area contributed by atoms with Crippen molar-refractivity contribution in [2.24, 2.45) is 0 Å². The lowest BCUT2D eigenvalue weighted by atomic mass is 10.2. The van der Waals surface area contributed by atoms with Gasteiger partial charge in [-0.25, -0.2) is 0 Å². The Labute approximate surface area is 132 Å². The van der Waals surface area contributed by atoms with Gasteiger partial charge in [0.25, 0.3) is 0 Å². The largest absolute Gasteiger partial charge is 0.458 e. The third-order valence-electron chi connectivity index (χ3n) is 3.43. The predicted molar refractivity (Wildman–Crippen MR) is 86.8 cm³/mol. The molecule has 0 unspecified atom stereocenters. The summed E-state index contributed by atoms with van der Waals surface area (Å²) >= 11 is 1.57. The average molecular weight is 315 g/mol. The fourth-order valence-electron chi connectivity index (χ4n) is 2.29. The highest BCUT2D eigenvalue weighted by Gasteiger charge is 2.13. The molecule has 0 saturated heterocycles. The zero-order valence-corrected chi connectivity index (χ0v) is 12.8. The monoisotopic (exact) mass is 315 g/mol. The number of carbonyl (C=O) groups is 1. The lowest BCUT2D eigenvalue weighted by Gasteiger charge is -2.08. The normalized spacial score (nSPS) is 12.4. The molecule has 2 N–H and O–H groups in total. The topological polar surface area (TPSA) is 62.5 Å². The van der Waals surface area contributed by atoms with E-state index >= 15 is 0 Å². The van der Waals surface area contributed by atoms with E-state index in [4.69, 9.17) is 4.42 Å². The third-order valence-corrected chi connectivity index (χ3v) is 4.30. The molecule has 0 radical (unpaired) electrons. The van der Waals surface area contributed by atoms with E-state index < -0.39 is 6.10 Å². The van der Waals surface area contributed by atoms with Gasteiger partial charge in [-0.3, -0.25) is 4.79 Å². The highest BCUT2D eigenvalue weighted by Crippen LogP contribution is 2.25. The number of thiophene rings is 1. The van der Waals surface area contributed by atoms with Crippen molar-refractivity contribution in [1.29, 1.82) is 0 Å². The number of hydrogen-bond acceptors (Lipinski definition) is 4. The summed E-state index contributed by atoms with van der Waals surface area (Å²) in [6.45, 7) is 0.419. The fraction of sp³-hybridized carbons (Fsp3) is 0.235. The zero-order chi connectivity index (χ0) is 15.4. The van der Waals surface area contributed by atoms with Gasteiger partial charge in [0.1, 0.15) is 17.4 Å². The minimum atomic E-state index is -0.713. The van der Waals surface area contributed by atoms with Gasteiger partial charge in [0.05, 0.1) is 6.42 Å². The van der Waals surface area contributed by atoms with Crippen LogP contribution in [0.1, 0.15) is 23.2 Å². The molecule has 3 rings (SSSR count). The molecule has 2 heterocycles. The molecule has 1 atom stereocenters. The standard InChI is InChI=1S/C17H17NO3S/c19-14(16-10-12-4-1-2-6-15(12)21-16)7-8-18-17(20)11-13-5-3-9-22-13/h1-6,9-10,14,19H,7-8,11H2,(H,18,20)/t14-/m1/s1. The number of carbonyl (C=O) groups excluding carboxylic acids is 1. The van der Waals surface area contributed by atoms with Gasteiger partial charge >= 0.3 is 0 Å². The summed E-state index contributed by atoms with van der Waals surface area (Å²) < 4.78 is 5.61. The number of furan rings is 1. The first kappa shape index (κ1) is 14.8. The van der Waals surface area contributed by atoms with E-state index in [-0.39, 0.29) is 5.91 Å². The van der Waals surface area contributed by atoms with Crippen LogP contribution < -0.4 is 5.32 Å². The number of fused-ring (bicyclic) bond motifs is 1. The molecule has 0 bridgehead atoms. The molecule has 0 aliphatic carbocycles. The first-order chi connectivity index (χ1) is 10.7. The first-order valence-corrected chi connectivity index (χ1v) is 8.06. The number of para-hydroxylation sites is 1. The van der Waals surface area contributed by atoms with Crippen LogP contribution in [0.2, 0.25) is 0 Å². The second-order valence-corrected chi connectivity index (χ2v) is 6.13. The molecule has 4 nitrogen and oxygen atoms in total. The Morgan fingerprint density at radius 1 is 1.27 bits per heavy atom. The zero-order valence-electron chi connectivity index (χ0n) is 12.0. The molecule has 5 heteroatoms. The van der Waals surface area contributed by atoms with Gasteiger partial charge in [0.15, 0.2) is 0 Å². The Hall–Kier alpha value is -2.11. The maximum Gasteiger partial charge on any atom is 0.225 e. The molecule has 0 saturated carbocycles. The van der Waals surface area contributed by atoms with Crippen molar-refractivity contribution in [1.82, 2.24) is 5.32 Å². The number of amides is 1. The summed E-state index contributed by atoms with van der Waals surface area (Å²) in [6.07, 6.45) is 0.100. The fourth-order valence-corrected chi connectivity index (χ4v) is 2.99. The molecular weight excluding hydrogens is 298 g/mol. The second kappa shape index (κ2) is 6.77. The van der Waals surface area contributed by atoms with Crippen LogP contribution in [-0.4, -0.2) is 17.6 Å². The van der Waals surface area contributed by atoms with E-state index in [2.05, 4.69) is 5.32 Å².